The van der Waals surface area contributed by atoms with E-state index < -0.39 is 31.0 Å². The third kappa shape index (κ3) is 3.13. The summed E-state index contributed by atoms with van der Waals surface area (Å²) in [6, 6.07) is -0.933. The second kappa shape index (κ2) is 4.63. The molecule has 3 atom stereocenters. The summed E-state index contributed by atoms with van der Waals surface area (Å²) in [6.07, 6.45) is -2.67. The van der Waals surface area contributed by atoms with Gasteiger partial charge in [0.2, 0.25) is 0 Å². The lowest BCUT2D eigenvalue weighted by molar-refractivity contribution is -0.0866. The first-order valence-corrected chi connectivity index (χ1v) is 3.41. The van der Waals surface area contributed by atoms with E-state index in [4.69, 9.17) is 26.2 Å². The summed E-state index contributed by atoms with van der Waals surface area (Å²) < 4.78 is 0. The molecule has 0 saturated heterocycles. The van der Waals surface area contributed by atoms with E-state index in [2.05, 4.69) is 0 Å². The number of hydrogen-bond acceptors (Lipinski definition) is 5. The van der Waals surface area contributed by atoms with E-state index in [9.17, 15) is 0 Å². The molecule has 68 valence electrons. The fraction of sp³-hybridized carbons (Fsp3) is 1.00. The van der Waals surface area contributed by atoms with Crippen molar-refractivity contribution in [2.24, 2.45) is 11.7 Å². The third-order valence-electron chi connectivity index (χ3n) is 1.75. The van der Waals surface area contributed by atoms with Crippen LogP contribution < -0.4 is 5.73 Å². The molecule has 0 saturated carbocycles. The second-order valence-electron chi connectivity index (χ2n) is 2.60. The Kier molecular flexibility index (Phi) is 4.55. The molecule has 0 rings (SSSR count). The Hall–Kier alpha value is -0.200. The Morgan fingerprint density at radius 3 is 2.00 bits per heavy atom. The molecule has 5 nitrogen and oxygen atoms in total. The third-order valence-corrected chi connectivity index (χ3v) is 1.75. The molecule has 6 N–H and O–H groups in total. The van der Waals surface area contributed by atoms with E-state index in [0.29, 0.717) is 0 Å². The Morgan fingerprint density at radius 1 is 1.27 bits per heavy atom. The van der Waals surface area contributed by atoms with Gasteiger partial charge in [-0.2, -0.15) is 0 Å². The number of rotatable bonds is 4. The Bertz CT molecular complexity index is 109. The van der Waals surface area contributed by atoms with Gasteiger partial charge < -0.3 is 26.2 Å². The van der Waals surface area contributed by atoms with E-state index >= 15 is 0 Å². The highest BCUT2D eigenvalue weighted by Crippen LogP contribution is 2.08. The summed E-state index contributed by atoms with van der Waals surface area (Å²) in [7, 11) is 0. The Morgan fingerprint density at radius 2 is 1.73 bits per heavy atom. The van der Waals surface area contributed by atoms with Crippen molar-refractivity contribution in [1.82, 2.24) is 0 Å². The lowest BCUT2D eigenvalue weighted by Gasteiger charge is -2.24. The van der Waals surface area contributed by atoms with Gasteiger partial charge in [-0.15, -0.1) is 0 Å². The molecule has 0 unspecified atom stereocenters. The lowest BCUT2D eigenvalue weighted by atomic mass is 9.96. The highest BCUT2D eigenvalue weighted by molar-refractivity contribution is 4.76. The molecule has 0 spiro atoms. The number of aliphatic hydroxyl groups is 4. The van der Waals surface area contributed by atoms with Crippen LogP contribution >= 0.6 is 0 Å². The molecular formula is C6H15NO4. The van der Waals surface area contributed by atoms with Crippen LogP contribution in [0.4, 0.5) is 0 Å². The van der Waals surface area contributed by atoms with Crippen LogP contribution in [0.15, 0.2) is 0 Å². The quantitative estimate of drug-likeness (QED) is 0.299. The highest BCUT2D eigenvalue weighted by atomic mass is 16.5. The van der Waals surface area contributed by atoms with Gasteiger partial charge in [0.05, 0.1) is 18.8 Å². The van der Waals surface area contributed by atoms with E-state index in [-0.39, 0.29) is 0 Å². The maximum atomic E-state index is 8.99. The van der Waals surface area contributed by atoms with Crippen molar-refractivity contribution in [3.8, 4) is 0 Å². The zero-order valence-corrected chi connectivity index (χ0v) is 6.38. The van der Waals surface area contributed by atoms with Gasteiger partial charge in [0.15, 0.2) is 6.29 Å². The smallest absolute Gasteiger partial charge is 0.167 e. The largest absolute Gasteiger partial charge is 0.394 e. The molecule has 11 heavy (non-hydrogen) atoms. The average molecular weight is 165 g/mol. The number of nitrogens with two attached hydrogens (primary N) is 1. The van der Waals surface area contributed by atoms with Crippen molar-refractivity contribution in [2.45, 2.75) is 25.4 Å². The fourth-order valence-electron chi connectivity index (χ4n) is 0.694. The van der Waals surface area contributed by atoms with E-state index in [1.165, 1.54) is 6.92 Å². The highest BCUT2D eigenvalue weighted by Gasteiger charge is 2.24. The molecule has 0 aliphatic heterocycles. The van der Waals surface area contributed by atoms with Crippen LogP contribution in [-0.4, -0.2) is 45.5 Å². The summed E-state index contributed by atoms with van der Waals surface area (Å²) in [4.78, 5) is 0. The van der Waals surface area contributed by atoms with Crippen LogP contribution in [0.5, 0.6) is 0 Å². The minimum atomic E-state index is -1.66. The van der Waals surface area contributed by atoms with Crippen molar-refractivity contribution in [3.63, 3.8) is 0 Å². The van der Waals surface area contributed by atoms with Gasteiger partial charge in [-0.05, 0) is 0 Å². The van der Waals surface area contributed by atoms with Crippen LogP contribution in [0, 0.1) is 5.92 Å². The maximum absolute atomic E-state index is 8.99. The minimum Gasteiger partial charge on any atom is -0.394 e. The van der Waals surface area contributed by atoms with Crippen molar-refractivity contribution in [3.05, 3.63) is 0 Å². The van der Waals surface area contributed by atoms with Gasteiger partial charge in [-0.3, -0.25) is 0 Å². The topological polar surface area (TPSA) is 107 Å². The van der Waals surface area contributed by atoms with Crippen LogP contribution in [0.2, 0.25) is 0 Å². The summed E-state index contributed by atoms with van der Waals surface area (Å²) in [5.41, 5.74) is 5.27. The molecule has 0 aromatic rings. The molecule has 0 aromatic heterocycles. The maximum Gasteiger partial charge on any atom is 0.167 e. The first-order valence-electron chi connectivity index (χ1n) is 3.41. The monoisotopic (exact) mass is 165 g/mol. The average Bonchev–Trinajstić information content (AvgIpc) is 2.00. The molecule has 5 heteroatoms. The second-order valence-corrected chi connectivity index (χ2v) is 2.60. The Labute approximate surface area is 65.1 Å². The lowest BCUT2D eigenvalue weighted by Crippen LogP contribution is -2.45. The number of aliphatic hydroxyl groups excluding tert-OH is 3. The summed E-state index contributed by atoms with van der Waals surface area (Å²) in [6.45, 7) is 1.10. The van der Waals surface area contributed by atoms with Crippen LogP contribution in [0.1, 0.15) is 6.92 Å². The first-order chi connectivity index (χ1) is 5.00. The Balaban J connectivity index is 3.90. The summed E-state index contributed by atoms with van der Waals surface area (Å²) in [5, 5.41) is 34.6. The van der Waals surface area contributed by atoms with Crippen LogP contribution in [-0.2, 0) is 0 Å². The molecule has 0 aliphatic carbocycles. The fourth-order valence-corrected chi connectivity index (χ4v) is 0.694. The summed E-state index contributed by atoms with van der Waals surface area (Å²) in [5.74, 6) is -0.542. The predicted octanol–water partition coefficient (Wildman–Crippen LogP) is -2.39. The van der Waals surface area contributed by atoms with Crippen molar-refractivity contribution < 1.29 is 20.4 Å². The normalized spacial score (nSPS) is 19.9. The molecule has 0 aromatic carbocycles. The molecule has 0 aliphatic rings. The van der Waals surface area contributed by atoms with Crippen LogP contribution in [0.3, 0.4) is 0 Å². The molecular weight excluding hydrogens is 150 g/mol. The van der Waals surface area contributed by atoms with Crippen molar-refractivity contribution in [2.75, 3.05) is 6.61 Å². The van der Waals surface area contributed by atoms with Crippen molar-refractivity contribution in [1.29, 1.82) is 0 Å². The summed E-state index contributed by atoms with van der Waals surface area (Å²) >= 11 is 0. The number of hydrogen-bond donors (Lipinski definition) is 5. The molecule has 0 bridgehead atoms. The zero-order chi connectivity index (χ0) is 9.02. The minimum absolute atomic E-state index is 0.429. The van der Waals surface area contributed by atoms with Crippen molar-refractivity contribution >= 4 is 0 Å². The van der Waals surface area contributed by atoms with Gasteiger partial charge in [0, 0.05) is 5.92 Å². The first kappa shape index (κ1) is 10.8. The van der Waals surface area contributed by atoms with E-state index in [1.54, 1.807) is 0 Å². The molecule has 0 radical (unpaired) electrons. The molecule has 0 heterocycles. The standard InChI is InChI=1S/C6H15NO4/c1-3(4(9)2-8)5(7)6(10)11/h3-6,8-11H,2,7H2,1H3/t3-,4-,5-/m0/s1. The molecule has 0 amide bonds. The SMILES string of the molecule is C[C@H]([C@H](N)C(O)O)[C@@H](O)CO. The van der Waals surface area contributed by atoms with E-state index in [1.807, 2.05) is 0 Å². The van der Waals surface area contributed by atoms with E-state index in [0.717, 1.165) is 0 Å². The zero-order valence-electron chi connectivity index (χ0n) is 6.38. The van der Waals surface area contributed by atoms with Gasteiger partial charge >= 0.3 is 0 Å². The van der Waals surface area contributed by atoms with Gasteiger partial charge in [-0.1, -0.05) is 6.92 Å². The van der Waals surface area contributed by atoms with Gasteiger partial charge in [-0.25, -0.2) is 0 Å². The predicted molar refractivity (Wildman–Crippen MR) is 38.5 cm³/mol. The van der Waals surface area contributed by atoms with Gasteiger partial charge in [0.1, 0.15) is 0 Å². The van der Waals surface area contributed by atoms with Gasteiger partial charge in [0.25, 0.3) is 0 Å². The molecule has 0 fully saturated rings. The van der Waals surface area contributed by atoms with Crippen LogP contribution in [0.25, 0.3) is 0 Å².